The zero-order valence-electron chi connectivity index (χ0n) is 22.8. The van der Waals surface area contributed by atoms with Crippen molar-refractivity contribution in [1.29, 1.82) is 0 Å². The number of thiazole rings is 1. The number of rotatable bonds is 5. The van der Waals surface area contributed by atoms with Gasteiger partial charge < -0.3 is 14.4 Å². The van der Waals surface area contributed by atoms with Crippen LogP contribution >= 0.6 is 11.3 Å². The molecule has 0 radical (unpaired) electrons. The molecule has 2 atom stereocenters. The molecule has 0 spiro atoms. The first kappa shape index (κ1) is 31.8. The number of carbonyl (C=O) groups excluding carboxylic acids is 1. The summed E-state index contributed by atoms with van der Waals surface area (Å²) in [5, 5.41) is 0.350. The van der Waals surface area contributed by atoms with Crippen LogP contribution in [0.3, 0.4) is 0 Å². The highest BCUT2D eigenvalue weighted by Crippen LogP contribution is 2.56. The average Bonchev–Trinajstić information content (AvgIpc) is 3.75. The van der Waals surface area contributed by atoms with Crippen molar-refractivity contribution in [2.75, 3.05) is 26.3 Å². The number of fused-ring (bicyclic) bond motifs is 3. The molecule has 3 heterocycles. The molecule has 1 aliphatic carbocycles. The van der Waals surface area contributed by atoms with Crippen LogP contribution in [0.1, 0.15) is 44.1 Å². The van der Waals surface area contributed by atoms with Crippen LogP contribution in [0.5, 0.6) is 0 Å². The van der Waals surface area contributed by atoms with Crippen LogP contribution in [0, 0.1) is 11.7 Å². The van der Waals surface area contributed by atoms with E-state index in [-0.39, 0.29) is 46.4 Å². The molecular weight excluding hydrogens is 660 g/mol. The highest BCUT2D eigenvalue weighted by molar-refractivity contribution is 7.92. The summed E-state index contributed by atoms with van der Waals surface area (Å²) in [6, 6.07) is 5.19. The summed E-state index contributed by atoms with van der Waals surface area (Å²) in [4.78, 5) is 18.8. The number of ether oxygens (including phenoxy) is 2. The molecule has 242 valence electrons. The Balaban J connectivity index is 1.46. The third-order valence-corrected chi connectivity index (χ3v) is 12.0. The molecule has 2 fully saturated rings. The maximum absolute atomic E-state index is 15.0. The Hall–Kier alpha value is -3.15. The molecule has 45 heavy (non-hydrogen) atoms. The standard InChI is InChI=1S/C28H22F8N2O5S2/c29-18-4-6-19(7-5-18)45(40,41)25-14-38(23(39)21-12-37-22(44-21)24-42-9-10-43-24)13-17(25)2-1-15-11-16(3-8-20(15)25)26(30,27(31,32)33)28(34,35)36/h3-8,11-12,17,24H,1-2,9-10,13-14H2. The first-order chi connectivity index (χ1) is 21.0. The molecule has 2 aliphatic heterocycles. The number of benzene rings is 2. The zero-order chi connectivity index (χ0) is 32.6. The number of carbonyl (C=O) groups is 1. The number of aromatic nitrogens is 1. The Morgan fingerprint density at radius 3 is 2.24 bits per heavy atom. The van der Waals surface area contributed by atoms with Crippen molar-refractivity contribution in [2.24, 2.45) is 5.92 Å². The molecule has 2 unspecified atom stereocenters. The van der Waals surface area contributed by atoms with Gasteiger partial charge in [0.1, 0.15) is 20.4 Å². The van der Waals surface area contributed by atoms with Crippen molar-refractivity contribution in [1.82, 2.24) is 9.88 Å². The SMILES string of the molecule is O=C(c1cnc(C2OCCO2)s1)N1CC2CCc3cc(C(F)(C(F)(F)F)C(F)(F)F)ccc3C2(S(=O)(=O)c2ccc(F)cc2)C1. The van der Waals surface area contributed by atoms with E-state index in [1.807, 2.05) is 0 Å². The van der Waals surface area contributed by atoms with Gasteiger partial charge in [0.2, 0.25) is 6.29 Å². The second kappa shape index (κ2) is 10.7. The molecule has 3 aliphatic rings. The van der Waals surface area contributed by atoms with E-state index >= 15 is 0 Å². The predicted octanol–water partition coefficient (Wildman–Crippen LogP) is 6.00. The van der Waals surface area contributed by atoms with Crippen LogP contribution in [0.25, 0.3) is 0 Å². The van der Waals surface area contributed by atoms with Gasteiger partial charge in [0.05, 0.1) is 24.3 Å². The number of alkyl halides is 7. The quantitative estimate of drug-likeness (QED) is 0.243. The first-order valence-electron chi connectivity index (χ1n) is 13.5. The molecule has 17 heteroatoms. The van der Waals surface area contributed by atoms with E-state index in [1.54, 1.807) is 0 Å². The molecule has 2 saturated heterocycles. The van der Waals surface area contributed by atoms with E-state index in [2.05, 4.69) is 4.98 Å². The zero-order valence-corrected chi connectivity index (χ0v) is 24.4. The van der Waals surface area contributed by atoms with Crippen molar-refractivity contribution in [3.8, 4) is 0 Å². The summed E-state index contributed by atoms with van der Waals surface area (Å²) in [6.45, 7) is -0.0306. The third-order valence-electron chi connectivity index (χ3n) is 8.48. The van der Waals surface area contributed by atoms with E-state index < -0.39 is 68.6 Å². The lowest BCUT2D eigenvalue weighted by atomic mass is 9.75. The first-order valence-corrected chi connectivity index (χ1v) is 15.8. The van der Waals surface area contributed by atoms with Gasteiger partial charge >= 0.3 is 18.0 Å². The normalized spacial score (nSPS) is 22.8. The Labute approximate surface area is 254 Å². The lowest BCUT2D eigenvalue weighted by molar-refractivity contribution is -0.348. The molecule has 0 saturated carbocycles. The second-order valence-electron chi connectivity index (χ2n) is 10.9. The number of likely N-dealkylation sites (tertiary alicyclic amines) is 1. The maximum atomic E-state index is 15.0. The molecule has 1 aromatic heterocycles. The van der Waals surface area contributed by atoms with Crippen molar-refractivity contribution in [3.05, 3.63) is 81.1 Å². The number of halogens is 8. The lowest BCUT2D eigenvalue weighted by Gasteiger charge is -2.40. The molecule has 3 aromatic rings. The summed E-state index contributed by atoms with van der Waals surface area (Å²) in [6.07, 6.45) is -12.5. The van der Waals surface area contributed by atoms with E-state index in [9.17, 15) is 48.3 Å². The molecule has 6 rings (SSSR count). The predicted molar refractivity (Wildman–Crippen MR) is 141 cm³/mol. The lowest BCUT2D eigenvalue weighted by Crippen LogP contribution is -2.51. The van der Waals surface area contributed by atoms with Crippen molar-refractivity contribution >= 4 is 27.1 Å². The summed E-state index contributed by atoms with van der Waals surface area (Å²) >= 11 is 0.959. The van der Waals surface area contributed by atoms with Crippen LogP contribution in [-0.2, 0) is 36.1 Å². The van der Waals surface area contributed by atoms with Gasteiger partial charge in [-0.3, -0.25) is 4.79 Å². The Morgan fingerprint density at radius 2 is 1.62 bits per heavy atom. The van der Waals surface area contributed by atoms with Gasteiger partial charge in [0.15, 0.2) is 9.84 Å². The topological polar surface area (TPSA) is 85.8 Å². The number of amides is 1. The van der Waals surface area contributed by atoms with E-state index in [0.717, 1.165) is 41.7 Å². The minimum atomic E-state index is -6.37. The summed E-state index contributed by atoms with van der Waals surface area (Å²) in [5.74, 6) is -2.24. The van der Waals surface area contributed by atoms with Crippen LogP contribution in [0.2, 0.25) is 0 Å². The highest BCUT2D eigenvalue weighted by atomic mass is 32.2. The van der Waals surface area contributed by atoms with E-state index in [0.29, 0.717) is 24.3 Å². The third kappa shape index (κ3) is 4.84. The minimum absolute atomic E-state index is 0.0737. The summed E-state index contributed by atoms with van der Waals surface area (Å²) in [7, 11) is -4.60. The van der Waals surface area contributed by atoms with Gasteiger partial charge in [0, 0.05) is 24.6 Å². The van der Waals surface area contributed by atoms with Gasteiger partial charge in [-0.25, -0.2) is 22.2 Å². The number of nitrogens with zero attached hydrogens (tertiary/aromatic N) is 2. The van der Waals surface area contributed by atoms with E-state index in [4.69, 9.17) is 9.47 Å². The van der Waals surface area contributed by atoms with Crippen LogP contribution in [0.15, 0.2) is 53.6 Å². The monoisotopic (exact) mass is 682 g/mol. The number of hydrogen-bond donors (Lipinski definition) is 0. The molecule has 0 bridgehead atoms. The Morgan fingerprint density at radius 1 is 0.978 bits per heavy atom. The van der Waals surface area contributed by atoms with E-state index in [1.165, 1.54) is 11.1 Å². The molecule has 2 aromatic carbocycles. The summed E-state index contributed by atoms with van der Waals surface area (Å²) in [5.41, 5.74) is -7.86. The average molecular weight is 683 g/mol. The van der Waals surface area contributed by atoms with Gasteiger partial charge in [0.25, 0.3) is 5.91 Å². The Kier molecular flexibility index (Phi) is 7.57. The van der Waals surface area contributed by atoms with Crippen molar-refractivity contribution in [3.63, 3.8) is 0 Å². The van der Waals surface area contributed by atoms with Crippen molar-refractivity contribution < 1.29 is 57.8 Å². The fraction of sp³-hybridized carbons (Fsp3) is 0.429. The van der Waals surface area contributed by atoms with Crippen LogP contribution < -0.4 is 0 Å². The fourth-order valence-electron chi connectivity index (χ4n) is 6.35. The van der Waals surface area contributed by atoms with Crippen LogP contribution in [0.4, 0.5) is 35.1 Å². The molecular formula is C28H22F8N2O5S2. The smallest absolute Gasteiger partial charge is 0.344 e. The molecule has 0 N–H and O–H groups in total. The Bertz CT molecular complexity index is 1720. The maximum Gasteiger partial charge on any atom is 0.435 e. The van der Waals surface area contributed by atoms with Gasteiger partial charge in [-0.15, -0.1) is 11.3 Å². The number of sulfone groups is 1. The minimum Gasteiger partial charge on any atom is -0.344 e. The highest BCUT2D eigenvalue weighted by Gasteiger charge is 2.73. The van der Waals surface area contributed by atoms with Gasteiger partial charge in [-0.2, -0.15) is 26.3 Å². The fourth-order valence-corrected chi connectivity index (χ4v) is 9.59. The largest absolute Gasteiger partial charge is 0.435 e. The van der Waals surface area contributed by atoms with Gasteiger partial charge in [-0.1, -0.05) is 18.2 Å². The molecule has 1 amide bonds. The second-order valence-corrected chi connectivity index (χ2v) is 14.2. The van der Waals surface area contributed by atoms with Crippen molar-refractivity contribution in [2.45, 2.75) is 46.8 Å². The van der Waals surface area contributed by atoms with Gasteiger partial charge in [-0.05, 0) is 48.2 Å². The molecule has 7 nitrogen and oxygen atoms in total. The summed E-state index contributed by atoms with van der Waals surface area (Å²) < 4.78 is 148. The number of aryl methyl sites for hydroxylation is 1. The number of hydrogen-bond acceptors (Lipinski definition) is 7. The van der Waals surface area contributed by atoms with Crippen LogP contribution in [-0.4, -0.2) is 62.9 Å².